The van der Waals surface area contributed by atoms with Crippen LogP contribution in [0, 0.1) is 6.92 Å². The monoisotopic (exact) mass is 488 g/mol. The normalized spacial score (nSPS) is 11.4. The second-order valence-corrected chi connectivity index (χ2v) is 8.73. The molecule has 1 N–H and O–H groups in total. The first-order chi connectivity index (χ1) is 17.5. The third kappa shape index (κ3) is 8.15. The number of methoxy groups -OCH3 is 1. The highest BCUT2D eigenvalue weighted by Gasteiger charge is 2.29. The molecule has 0 heterocycles. The van der Waals surface area contributed by atoms with Crippen LogP contribution < -0.4 is 14.8 Å². The highest BCUT2D eigenvalue weighted by Crippen LogP contribution is 2.19. The summed E-state index contributed by atoms with van der Waals surface area (Å²) in [4.78, 5) is 28.4. The van der Waals surface area contributed by atoms with Crippen LogP contribution in [0.25, 0.3) is 0 Å². The molecule has 0 aliphatic carbocycles. The SMILES string of the molecule is CCNC(=O)[C@@H](Cc1ccccc1)N(Cc1ccc(C)cc1)C(=O)CCCOc1ccc(OC)cc1. The van der Waals surface area contributed by atoms with Gasteiger partial charge < -0.3 is 19.7 Å². The molecule has 0 unspecified atom stereocenters. The number of carbonyl (C=O) groups is 2. The molecule has 6 heteroatoms. The van der Waals surface area contributed by atoms with E-state index in [9.17, 15) is 9.59 Å². The van der Waals surface area contributed by atoms with E-state index in [0.717, 1.165) is 28.2 Å². The van der Waals surface area contributed by atoms with Crippen LogP contribution in [0.15, 0.2) is 78.9 Å². The van der Waals surface area contributed by atoms with Crippen molar-refractivity contribution >= 4 is 11.8 Å². The van der Waals surface area contributed by atoms with Crippen LogP contribution in [0.5, 0.6) is 11.5 Å². The van der Waals surface area contributed by atoms with E-state index >= 15 is 0 Å². The van der Waals surface area contributed by atoms with Crippen molar-refractivity contribution in [1.82, 2.24) is 10.2 Å². The summed E-state index contributed by atoms with van der Waals surface area (Å²) in [5.41, 5.74) is 3.15. The molecule has 0 radical (unpaired) electrons. The summed E-state index contributed by atoms with van der Waals surface area (Å²) in [6, 6.07) is 24.7. The van der Waals surface area contributed by atoms with E-state index in [2.05, 4.69) is 5.32 Å². The van der Waals surface area contributed by atoms with Crippen molar-refractivity contribution < 1.29 is 19.1 Å². The maximum absolute atomic E-state index is 13.5. The molecule has 3 rings (SSSR count). The minimum Gasteiger partial charge on any atom is -0.497 e. The summed E-state index contributed by atoms with van der Waals surface area (Å²) in [5, 5.41) is 2.93. The summed E-state index contributed by atoms with van der Waals surface area (Å²) in [7, 11) is 1.62. The van der Waals surface area contributed by atoms with Crippen molar-refractivity contribution in [3.05, 3.63) is 95.6 Å². The predicted octanol–water partition coefficient (Wildman–Crippen LogP) is 4.94. The van der Waals surface area contributed by atoms with Crippen molar-refractivity contribution in [1.29, 1.82) is 0 Å². The molecule has 2 amide bonds. The van der Waals surface area contributed by atoms with Crippen LogP contribution in [0.1, 0.15) is 36.5 Å². The lowest BCUT2D eigenvalue weighted by atomic mass is 10.0. The van der Waals surface area contributed by atoms with Gasteiger partial charge in [-0.15, -0.1) is 0 Å². The van der Waals surface area contributed by atoms with Crippen LogP contribution in [0.2, 0.25) is 0 Å². The van der Waals surface area contributed by atoms with Crippen molar-refractivity contribution in [3.63, 3.8) is 0 Å². The Balaban J connectivity index is 1.73. The lowest BCUT2D eigenvalue weighted by Crippen LogP contribution is -2.50. The number of hydrogen-bond donors (Lipinski definition) is 1. The number of amides is 2. The Morgan fingerprint density at radius 2 is 1.56 bits per heavy atom. The molecular formula is C30H36N2O4. The molecule has 0 aromatic heterocycles. The van der Waals surface area contributed by atoms with Gasteiger partial charge in [0.2, 0.25) is 11.8 Å². The van der Waals surface area contributed by atoms with E-state index in [1.165, 1.54) is 0 Å². The first kappa shape index (κ1) is 26.8. The molecular weight excluding hydrogens is 452 g/mol. The lowest BCUT2D eigenvalue weighted by Gasteiger charge is -2.31. The molecule has 3 aromatic carbocycles. The smallest absolute Gasteiger partial charge is 0.243 e. The molecule has 36 heavy (non-hydrogen) atoms. The molecule has 0 spiro atoms. The molecule has 0 aliphatic rings. The Labute approximate surface area is 214 Å². The standard InChI is InChI=1S/C30H36N2O4/c1-4-31-30(34)28(21-24-9-6-5-7-10-24)32(22-25-14-12-23(2)13-15-25)29(33)11-8-20-36-27-18-16-26(35-3)17-19-27/h5-7,9-10,12-19,28H,4,8,11,20-22H2,1-3H3,(H,31,34)/t28-/m1/s1. The topological polar surface area (TPSA) is 67.9 Å². The zero-order valence-corrected chi connectivity index (χ0v) is 21.4. The number of nitrogens with zero attached hydrogens (tertiary/aromatic N) is 1. The molecule has 1 atom stereocenters. The highest BCUT2D eigenvalue weighted by molar-refractivity contribution is 5.88. The first-order valence-corrected chi connectivity index (χ1v) is 12.4. The van der Waals surface area contributed by atoms with Crippen LogP contribution in [0.3, 0.4) is 0 Å². The third-order valence-corrected chi connectivity index (χ3v) is 5.96. The van der Waals surface area contributed by atoms with Gasteiger partial charge >= 0.3 is 0 Å². The van der Waals surface area contributed by atoms with Crippen molar-refractivity contribution in [2.24, 2.45) is 0 Å². The van der Waals surface area contributed by atoms with Crippen LogP contribution in [-0.4, -0.2) is 43.0 Å². The molecule has 0 saturated carbocycles. The van der Waals surface area contributed by atoms with Gasteiger partial charge in [0.15, 0.2) is 0 Å². The Hall–Kier alpha value is -3.80. The zero-order valence-electron chi connectivity index (χ0n) is 21.4. The maximum Gasteiger partial charge on any atom is 0.243 e. The summed E-state index contributed by atoms with van der Waals surface area (Å²) >= 11 is 0. The maximum atomic E-state index is 13.5. The summed E-state index contributed by atoms with van der Waals surface area (Å²) < 4.78 is 11.0. The lowest BCUT2D eigenvalue weighted by molar-refractivity contribution is -0.141. The van der Waals surface area contributed by atoms with E-state index in [4.69, 9.17) is 9.47 Å². The summed E-state index contributed by atoms with van der Waals surface area (Å²) in [6.45, 7) is 5.20. The largest absolute Gasteiger partial charge is 0.497 e. The molecule has 0 bridgehead atoms. The Bertz CT molecular complexity index is 1080. The van der Waals surface area contributed by atoms with E-state index in [-0.39, 0.29) is 18.2 Å². The second-order valence-electron chi connectivity index (χ2n) is 8.73. The van der Waals surface area contributed by atoms with Gasteiger partial charge in [-0.2, -0.15) is 0 Å². The number of benzene rings is 3. The van der Waals surface area contributed by atoms with Crippen molar-refractivity contribution in [2.45, 2.75) is 45.7 Å². The van der Waals surface area contributed by atoms with Gasteiger partial charge in [0, 0.05) is 25.9 Å². The van der Waals surface area contributed by atoms with Gasteiger partial charge in [-0.3, -0.25) is 9.59 Å². The molecule has 6 nitrogen and oxygen atoms in total. The van der Waals surface area contributed by atoms with Gasteiger partial charge in [-0.1, -0.05) is 60.2 Å². The van der Waals surface area contributed by atoms with Crippen molar-refractivity contribution in [2.75, 3.05) is 20.3 Å². The average Bonchev–Trinajstić information content (AvgIpc) is 2.90. The molecule has 0 saturated heterocycles. The number of aryl methyl sites for hydroxylation is 1. The minimum absolute atomic E-state index is 0.0684. The second kappa shape index (κ2) is 13.9. The van der Waals surface area contributed by atoms with Gasteiger partial charge in [0.25, 0.3) is 0 Å². The van der Waals surface area contributed by atoms with E-state index in [1.807, 2.05) is 92.7 Å². The predicted molar refractivity (Wildman–Crippen MR) is 142 cm³/mol. The van der Waals surface area contributed by atoms with Crippen LogP contribution in [0.4, 0.5) is 0 Å². The fourth-order valence-electron chi connectivity index (χ4n) is 3.97. The Morgan fingerprint density at radius 1 is 0.889 bits per heavy atom. The van der Waals surface area contributed by atoms with E-state index in [1.54, 1.807) is 12.0 Å². The number of rotatable bonds is 13. The van der Waals surface area contributed by atoms with Gasteiger partial charge in [0.05, 0.1) is 13.7 Å². The average molecular weight is 489 g/mol. The minimum atomic E-state index is -0.608. The number of hydrogen-bond acceptors (Lipinski definition) is 4. The van der Waals surface area contributed by atoms with Gasteiger partial charge in [-0.05, 0) is 55.7 Å². The Morgan fingerprint density at radius 3 is 2.19 bits per heavy atom. The first-order valence-electron chi connectivity index (χ1n) is 12.4. The number of likely N-dealkylation sites (N-methyl/N-ethyl adjacent to an activating group) is 1. The quantitative estimate of drug-likeness (QED) is 0.346. The van der Waals surface area contributed by atoms with Gasteiger partial charge in [0.1, 0.15) is 17.5 Å². The summed E-state index contributed by atoms with van der Waals surface area (Å²) in [6.07, 6.45) is 1.28. The van der Waals surface area contributed by atoms with Crippen LogP contribution >= 0.6 is 0 Å². The number of carbonyl (C=O) groups excluding carboxylic acids is 2. The number of nitrogens with one attached hydrogen (secondary N) is 1. The Kier molecular flexibility index (Phi) is 10.4. The molecule has 0 aliphatic heterocycles. The summed E-state index contributed by atoms with van der Waals surface area (Å²) in [5.74, 6) is 1.28. The van der Waals surface area contributed by atoms with Crippen LogP contribution in [-0.2, 0) is 22.6 Å². The molecule has 190 valence electrons. The zero-order chi connectivity index (χ0) is 25.8. The van der Waals surface area contributed by atoms with Crippen molar-refractivity contribution in [3.8, 4) is 11.5 Å². The van der Waals surface area contributed by atoms with E-state index in [0.29, 0.717) is 32.5 Å². The highest BCUT2D eigenvalue weighted by atomic mass is 16.5. The molecule has 3 aromatic rings. The third-order valence-electron chi connectivity index (χ3n) is 5.96. The fraction of sp³-hybridized carbons (Fsp3) is 0.333. The van der Waals surface area contributed by atoms with E-state index < -0.39 is 6.04 Å². The molecule has 0 fully saturated rings. The van der Waals surface area contributed by atoms with Gasteiger partial charge in [-0.25, -0.2) is 0 Å². The fourth-order valence-corrected chi connectivity index (χ4v) is 3.97. The number of ether oxygens (including phenoxy) is 2.